The van der Waals surface area contributed by atoms with Crippen molar-refractivity contribution in [1.82, 2.24) is 10.0 Å². The fourth-order valence-corrected chi connectivity index (χ4v) is 2.55. The SMILES string of the molecule is CCOCCNS(=O)(=O)c1ccc(CNC2CC2)o1. The standard InChI is InChI=1S/C12H20N2O4S/c1-2-17-8-7-14-19(15,16)12-6-5-11(18-12)9-13-10-3-4-10/h5-6,10,13-14H,2-4,7-9H2,1H3. The van der Waals surface area contributed by atoms with Crippen molar-refractivity contribution in [3.8, 4) is 0 Å². The Morgan fingerprint density at radius 1 is 1.42 bits per heavy atom. The molecule has 1 aromatic heterocycles. The summed E-state index contributed by atoms with van der Waals surface area (Å²) in [6, 6.07) is 3.73. The summed E-state index contributed by atoms with van der Waals surface area (Å²) < 4.78 is 36.6. The van der Waals surface area contributed by atoms with E-state index in [1.807, 2.05) is 6.92 Å². The van der Waals surface area contributed by atoms with Crippen LogP contribution in [-0.2, 0) is 21.3 Å². The zero-order valence-corrected chi connectivity index (χ0v) is 11.8. The van der Waals surface area contributed by atoms with E-state index < -0.39 is 10.0 Å². The van der Waals surface area contributed by atoms with Gasteiger partial charge in [0, 0.05) is 19.2 Å². The van der Waals surface area contributed by atoms with Gasteiger partial charge in [-0.15, -0.1) is 0 Å². The molecule has 0 aromatic carbocycles. The van der Waals surface area contributed by atoms with Crippen LogP contribution in [0.25, 0.3) is 0 Å². The first kappa shape index (κ1) is 14.5. The molecule has 108 valence electrons. The lowest BCUT2D eigenvalue weighted by Gasteiger charge is -2.04. The van der Waals surface area contributed by atoms with Crippen LogP contribution in [-0.4, -0.2) is 34.2 Å². The molecule has 0 amide bonds. The van der Waals surface area contributed by atoms with E-state index in [4.69, 9.17) is 9.15 Å². The van der Waals surface area contributed by atoms with Crippen LogP contribution in [0.3, 0.4) is 0 Å². The van der Waals surface area contributed by atoms with Gasteiger partial charge in [-0.25, -0.2) is 13.1 Å². The van der Waals surface area contributed by atoms with Crippen LogP contribution in [0.2, 0.25) is 0 Å². The van der Waals surface area contributed by atoms with E-state index in [2.05, 4.69) is 10.0 Å². The van der Waals surface area contributed by atoms with Crippen molar-refractivity contribution in [2.24, 2.45) is 0 Å². The van der Waals surface area contributed by atoms with Crippen molar-refractivity contribution < 1.29 is 17.6 Å². The number of sulfonamides is 1. The number of ether oxygens (including phenoxy) is 1. The normalized spacial score (nSPS) is 15.8. The molecule has 2 N–H and O–H groups in total. The average molecular weight is 288 g/mol. The molecule has 0 bridgehead atoms. The first-order chi connectivity index (χ1) is 9.12. The number of hydrogen-bond acceptors (Lipinski definition) is 5. The summed E-state index contributed by atoms with van der Waals surface area (Å²) in [5.74, 6) is 0.636. The Morgan fingerprint density at radius 2 is 2.21 bits per heavy atom. The van der Waals surface area contributed by atoms with Crippen LogP contribution < -0.4 is 10.0 Å². The Kier molecular flexibility index (Phi) is 4.98. The maximum Gasteiger partial charge on any atom is 0.274 e. The van der Waals surface area contributed by atoms with E-state index in [-0.39, 0.29) is 11.6 Å². The molecule has 6 nitrogen and oxygen atoms in total. The van der Waals surface area contributed by atoms with Gasteiger partial charge < -0.3 is 14.5 Å². The lowest BCUT2D eigenvalue weighted by Crippen LogP contribution is -2.27. The molecule has 1 saturated carbocycles. The van der Waals surface area contributed by atoms with Gasteiger partial charge in [0.2, 0.25) is 5.09 Å². The molecule has 1 aromatic rings. The van der Waals surface area contributed by atoms with Gasteiger partial charge in [-0.3, -0.25) is 0 Å². The Bertz CT molecular complexity index is 494. The van der Waals surface area contributed by atoms with Gasteiger partial charge in [0.25, 0.3) is 10.0 Å². The highest BCUT2D eigenvalue weighted by Crippen LogP contribution is 2.20. The minimum absolute atomic E-state index is 0.0448. The average Bonchev–Trinajstić information content (AvgIpc) is 3.08. The van der Waals surface area contributed by atoms with E-state index in [0.29, 0.717) is 31.6 Å². The van der Waals surface area contributed by atoms with Gasteiger partial charge >= 0.3 is 0 Å². The maximum atomic E-state index is 11.9. The molecular formula is C12H20N2O4S. The van der Waals surface area contributed by atoms with E-state index in [1.165, 1.54) is 18.9 Å². The van der Waals surface area contributed by atoms with Crippen molar-refractivity contribution in [2.75, 3.05) is 19.8 Å². The largest absolute Gasteiger partial charge is 0.447 e. The zero-order chi connectivity index (χ0) is 13.7. The van der Waals surface area contributed by atoms with E-state index in [9.17, 15) is 8.42 Å². The number of hydrogen-bond donors (Lipinski definition) is 2. The number of nitrogens with one attached hydrogen (secondary N) is 2. The molecule has 0 unspecified atom stereocenters. The Morgan fingerprint density at radius 3 is 2.89 bits per heavy atom. The maximum absolute atomic E-state index is 11.9. The molecule has 7 heteroatoms. The Hall–Kier alpha value is -0.890. The fraction of sp³-hybridized carbons (Fsp3) is 0.667. The highest BCUT2D eigenvalue weighted by molar-refractivity contribution is 7.89. The van der Waals surface area contributed by atoms with Crippen LogP contribution in [0.5, 0.6) is 0 Å². The fourth-order valence-electron chi connectivity index (χ4n) is 1.59. The monoisotopic (exact) mass is 288 g/mol. The molecule has 0 radical (unpaired) electrons. The van der Waals surface area contributed by atoms with Crippen LogP contribution in [0.1, 0.15) is 25.5 Å². The van der Waals surface area contributed by atoms with E-state index in [1.54, 1.807) is 6.07 Å². The van der Waals surface area contributed by atoms with Gasteiger partial charge in [-0.2, -0.15) is 0 Å². The summed E-state index contributed by atoms with van der Waals surface area (Å²) in [6.07, 6.45) is 2.37. The van der Waals surface area contributed by atoms with Crippen molar-refractivity contribution >= 4 is 10.0 Å². The smallest absolute Gasteiger partial charge is 0.274 e. The van der Waals surface area contributed by atoms with Gasteiger partial charge in [0.1, 0.15) is 5.76 Å². The Balaban J connectivity index is 1.84. The van der Waals surface area contributed by atoms with Crippen LogP contribution in [0, 0.1) is 0 Å². The molecule has 0 saturated heterocycles. The number of rotatable bonds is 9. The van der Waals surface area contributed by atoms with Crippen molar-refractivity contribution in [1.29, 1.82) is 0 Å². The van der Waals surface area contributed by atoms with Crippen LogP contribution in [0.4, 0.5) is 0 Å². The van der Waals surface area contributed by atoms with Crippen molar-refractivity contribution in [3.63, 3.8) is 0 Å². The molecule has 0 atom stereocenters. The van der Waals surface area contributed by atoms with E-state index >= 15 is 0 Å². The number of furan rings is 1. The molecule has 19 heavy (non-hydrogen) atoms. The highest BCUT2D eigenvalue weighted by Gasteiger charge is 2.22. The summed E-state index contributed by atoms with van der Waals surface area (Å²) in [5.41, 5.74) is 0. The third kappa shape index (κ3) is 4.61. The van der Waals surface area contributed by atoms with E-state index in [0.717, 1.165) is 0 Å². The minimum atomic E-state index is -3.57. The topological polar surface area (TPSA) is 80.6 Å². The quantitative estimate of drug-likeness (QED) is 0.658. The van der Waals surface area contributed by atoms with Crippen LogP contribution >= 0.6 is 0 Å². The van der Waals surface area contributed by atoms with Crippen molar-refractivity contribution in [3.05, 3.63) is 17.9 Å². The third-order valence-electron chi connectivity index (χ3n) is 2.79. The van der Waals surface area contributed by atoms with Crippen LogP contribution in [0.15, 0.2) is 21.6 Å². The molecule has 0 aliphatic heterocycles. The molecule has 1 heterocycles. The second-order valence-corrected chi connectivity index (χ2v) is 6.17. The van der Waals surface area contributed by atoms with Crippen molar-refractivity contribution in [2.45, 2.75) is 37.4 Å². The molecule has 2 rings (SSSR count). The first-order valence-corrected chi connectivity index (χ1v) is 7.99. The lowest BCUT2D eigenvalue weighted by molar-refractivity contribution is 0.153. The molecule has 1 aliphatic rings. The first-order valence-electron chi connectivity index (χ1n) is 6.51. The van der Waals surface area contributed by atoms with Gasteiger partial charge in [-0.05, 0) is 31.9 Å². The summed E-state index contributed by atoms with van der Waals surface area (Å²) in [7, 11) is -3.57. The second-order valence-electron chi connectivity index (χ2n) is 4.47. The summed E-state index contributed by atoms with van der Waals surface area (Å²) in [4.78, 5) is 0. The molecule has 1 aliphatic carbocycles. The van der Waals surface area contributed by atoms with Gasteiger partial charge in [0.15, 0.2) is 0 Å². The molecule has 0 spiro atoms. The third-order valence-corrected chi connectivity index (χ3v) is 4.12. The predicted molar refractivity (Wildman–Crippen MR) is 70.3 cm³/mol. The molecular weight excluding hydrogens is 268 g/mol. The Labute approximate surface area is 113 Å². The summed E-state index contributed by atoms with van der Waals surface area (Å²) >= 11 is 0. The highest BCUT2D eigenvalue weighted by atomic mass is 32.2. The molecule has 1 fully saturated rings. The summed E-state index contributed by atoms with van der Waals surface area (Å²) in [5, 5.41) is 3.22. The zero-order valence-electron chi connectivity index (χ0n) is 11.0. The lowest BCUT2D eigenvalue weighted by atomic mass is 10.4. The minimum Gasteiger partial charge on any atom is -0.447 e. The van der Waals surface area contributed by atoms with Gasteiger partial charge in [0.05, 0.1) is 13.2 Å². The predicted octanol–water partition coefficient (Wildman–Crippen LogP) is 0.846. The summed E-state index contributed by atoms with van der Waals surface area (Å²) in [6.45, 7) is 3.60. The second kappa shape index (κ2) is 6.51. The van der Waals surface area contributed by atoms with Gasteiger partial charge in [-0.1, -0.05) is 0 Å².